The molecule has 0 fully saturated rings. The molecule has 7 heteroatoms. The first-order valence-electron chi connectivity index (χ1n) is 25.9. The largest absolute Gasteiger partial charge is 3.00 e. The number of unbranched alkanes of at least 4 members (excludes halogenated alkanes) is 33. The van der Waals surface area contributed by atoms with Crippen molar-refractivity contribution < 1.29 is 76.6 Å². The fraction of sp³-hybridized carbons (Fsp3) is 0.833. The van der Waals surface area contributed by atoms with Crippen LogP contribution in [0, 0.1) is 46.9 Å². The molecule has 0 aliphatic rings. The molecule has 0 rings (SSSR count). The Morgan fingerprint density at radius 3 is 0.574 bits per heavy atom. The molecule has 0 aliphatic heterocycles. The third kappa shape index (κ3) is 76.8. The second kappa shape index (κ2) is 63.4. The van der Waals surface area contributed by atoms with Gasteiger partial charge in [0, 0.05) is 17.9 Å². The molecule has 0 unspecified atom stereocenters. The summed E-state index contributed by atoms with van der Waals surface area (Å²) in [6.45, 7) is 6.77. The smallest absolute Gasteiger partial charge is 0.550 e. The summed E-state index contributed by atoms with van der Waals surface area (Å²) < 4.78 is 0. The molecule has 61 heavy (non-hydrogen) atoms. The van der Waals surface area contributed by atoms with Crippen molar-refractivity contribution in [3.8, 4) is 0 Å². The third-order valence-electron chi connectivity index (χ3n) is 10.9. The first-order chi connectivity index (χ1) is 29.3. The minimum Gasteiger partial charge on any atom is -0.550 e. The molecule has 0 aromatic carbocycles. The third-order valence-corrected chi connectivity index (χ3v) is 10.9. The molecule has 0 saturated heterocycles. The van der Waals surface area contributed by atoms with Gasteiger partial charge >= 0.3 is 46.9 Å². The second-order valence-electron chi connectivity index (χ2n) is 17.1. The molecular weight excluding hydrogens is 918 g/mol. The molecule has 6 nitrogen and oxygen atoms in total. The molecule has 0 N–H and O–H groups in total. The Labute approximate surface area is 418 Å². The summed E-state index contributed by atoms with van der Waals surface area (Å²) >= 11 is 0. The zero-order valence-electron chi connectivity index (χ0n) is 40.4. The van der Waals surface area contributed by atoms with Crippen LogP contribution in [0.15, 0.2) is 36.5 Å². The summed E-state index contributed by atoms with van der Waals surface area (Å²) in [5.41, 5.74) is 0. The van der Waals surface area contributed by atoms with Crippen molar-refractivity contribution in [3.05, 3.63) is 36.5 Å². The van der Waals surface area contributed by atoms with E-state index in [1.807, 2.05) is 0 Å². The molecular formula is C54H99O6Yb. The van der Waals surface area contributed by atoms with E-state index in [0.29, 0.717) is 0 Å². The van der Waals surface area contributed by atoms with E-state index in [-0.39, 0.29) is 66.2 Å². The standard InChI is InChI=1S/3C18H34O2.Yb/c3*1-2-3-4-5-6-7-8-9-10-11-12-13-14-15-16-17-18(19)20;/h3*9-10H,2-8,11-17H2,1H3,(H,19,20);/q;;;+3/p-3/b3*10-9-;. The maximum atomic E-state index is 10.2. The number of allylic oxidation sites excluding steroid dienone is 6. The molecule has 0 saturated carbocycles. The van der Waals surface area contributed by atoms with Crippen LogP contribution < -0.4 is 15.3 Å². The molecule has 0 atom stereocenters. The molecule has 1 radical (unpaired) electrons. The Kier molecular flexibility index (Phi) is 69.4. The van der Waals surface area contributed by atoms with E-state index in [4.69, 9.17) is 0 Å². The number of aliphatic carboxylic acids is 3. The van der Waals surface area contributed by atoms with Gasteiger partial charge in [-0.15, -0.1) is 0 Å². The van der Waals surface area contributed by atoms with Crippen molar-refractivity contribution in [2.45, 2.75) is 290 Å². The molecule has 0 heterocycles. The van der Waals surface area contributed by atoms with Gasteiger partial charge in [0.15, 0.2) is 0 Å². The normalized spacial score (nSPS) is 11.1. The van der Waals surface area contributed by atoms with Crippen LogP contribution in [-0.4, -0.2) is 17.9 Å². The summed E-state index contributed by atoms with van der Waals surface area (Å²) in [6, 6.07) is 0. The maximum Gasteiger partial charge on any atom is 3.00 e. The van der Waals surface area contributed by atoms with Gasteiger partial charge < -0.3 is 29.7 Å². The van der Waals surface area contributed by atoms with Gasteiger partial charge in [-0.25, -0.2) is 0 Å². The Balaban J connectivity index is -0.000000396. The SMILES string of the molecule is CCCCCCCC/C=C\CCCCCCCC(=O)[O-].CCCCCCCC/C=C\CCCCCCCC(=O)[O-].CCCCCCCC/C=C\CCCCCCCC(=O)[O-].[Yb+3]. The van der Waals surface area contributed by atoms with Gasteiger partial charge in [-0.3, -0.25) is 0 Å². The van der Waals surface area contributed by atoms with Crippen LogP contribution in [0.1, 0.15) is 290 Å². The van der Waals surface area contributed by atoms with Crippen molar-refractivity contribution in [2.24, 2.45) is 0 Å². The van der Waals surface area contributed by atoms with Gasteiger partial charge in [-0.05, 0) is 116 Å². The fourth-order valence-electron chi connectivity index (χ4n) is 7.02. The van der Waals surface area contributed by atoms with Gasteiger partial charge in [-0.1, -0.05) is 211 Å². The average molecular weight is 1020 g/mol. The average Bonchev–Trinajstić information content (AvgIpc) is 3.22. The van der Waals surface area contributed by atoms with Crippen LogP contribution in [0.5, 0.6) is 0 Å². The van der Waals surface area contributed by atoms with Gasteiger partial charge in [0.05, 0.1) is 0 Å². The Hall–Kier alpha value is -0.851. The molecule has 0 bridgehead atoms. The van der Waals surface area contributed by atoms with Gasteiger partial charge in [-0.2, -0.15) is 0 Å². The maximum absolute atomic E-state index is 10.2. The monoisotopic (exact) mass is 1020 g/mol. The Bertz CT molecular complexity index is 827. The Morgan fingerprint density at radius 2 is 0.410 bits per heavy atom. The minimum absolute atomic E-state index is 0. The number of rotatable bonds is 45. The number of hydrogen-bond donors (Lipinski definition) is 0. The van der Waals surface area contributed by atoms with Gasteiger partial charge in [0.1, 0.15) is 0 Å². The van der Waals surface area contributed by atoms with Crippen LogP contribution in [-0.2, 0) is 14.4 Å². The number of carboxylic acids is 3. The molecule has 0 aromatic heterocycles. The number of carboxylic acid groups (broad SMARTS) is 3. The number of carbonyl (C=O) groups excluding carboxylic acids is 3. The molecule has 0 amide bonds. The summed E-state index contributed by atoms with van der Waals surface area (Å²) in [6.07, 6.45) is 62.7. The van der Waals surface area contributed by atoms with Crippen LogP contribution in [0.3, 0.4) is 0 Å². The van der Waals surface area contributed by atoms with E-state index < -0.39 is 17.9 Å². The van der Waals surface area contributed by atoms with Crippen molar-refractivity contribution in [3.63, 3.8) is 0 Å². The van der Waals surface area contributed by atoms with Crippen molar-refractivity contribution in [1.82, 2.24) is 0 Å². The van der Waals surface area contributed by atoms with Crippen LogP contribution in [0.25, 0.3) is 0 Å². The van der Waals surface area contributed by atoms with Gasteiger partial charge in [0.2, 0.25) is 0 Å². The van der Waals surface area contributed by atoms with Crippen molar-refractivity contribution >= 4 is 17.9 Å². The predicted molar refractivity (Wildman–Crippen MR) is 253 cm³/mol. The molecule has 0 spiro atoms. The van der Waals surface area contributed by atoms with Crippen molar-refractivity contribution in [2.75, 3.05) is 0 Å². The van der Waals surface area contributed by atoms with Gasteiger partial charge in [0.25, 0.3) is 0 Å². The summed E-state index contributed by atoms with van der Waals surface area (Å²) in [5.74, 6) is -2.74. The van der Waals surface area contributed by atoms with E-state index in [2.05, 4.69) is 57.2 Å². The quantitative estimate of drug-likeness (QED) is 0.0442. The number of hydrogen-bond acceptors (Lipinski definition) is 6. The number of carbonyl (C=O) groups is 3. The summed E-state index contributed by atoms with van der Waals surface area (Å²) in [4.78, 5) is 30.6. The van der Waals surface area contributed by atoms with Crippen LogP contribution in [0.4, 0.5) is 0 Å². The van der Waals surface area contributed by atoms with E-state index in [1.54, 1.807) is 0 Å². The Morgan fingerprint density at radius 1 is 0.262 bits per heavy atom. The minimum atomic E-state index is -0.914. The first-order valence-corrected chi connectivity index (χ1v) is 25.9. The summed E-state index contributed by atoms with van der Waals surface area (Å²) in [5, 5.41) is 30.6. The topological polar surface area (TPSA) is 120 Å². The van der Waals surface area contributed by atoms with Crippen molar-refractivity contribution in [1.29, 1.82) is 0 Å². The molecule has 365 valence electrons. The predicted octanol–water partition coefficient (Wildman–Crippen LogP) is 14.3. The van der Waals surface area contributed by atoms with Crippen LogP contribution >= 0.6 is 0 Å². The summed E-state index contributed by atoms with van der Waals surface area (Å²) in [7, 11) is 0. The van der Waals surface area contributed by atoms with E-state index in [9.17, 15) is 29.7 Å². The second-order valence-corrected chi connectivity index (χ2v) is 17.1. The zero-order chi connectivity index (χ0) is 44.7. The van der Waals surface area contributed by atoms with E-state index >= 15 is 0 Å². The first kappa shape index (κ1) is 66.7. The van der Waals surface area contributed by atoms with E-state index in [0.717, 1.165) is 57.8 Å². The zero-order valence-corrected chi connectivity index (χ0v) is 42.1. The van der Waals surface area contributed by atoms with E-state index in [1.165, 1.54) is 193 Å². The molecule has 0 aromatic rings. The molecule has 0 aliphatic carbocycles. The fourth-order valence-corrected chi connectivity index (χ4v) is 7.02. The van der Waals surface area contributed by atoms with Crippen LogP contribution in [0.2, 0.25) is 0 Å².